The molecule has 2 N–H and O–H groups in total. The smallest absolute Gasteiger partial charge is 0.262 e. The van der Waals surface area contributed by atoms with Crippen LogP contribution < -0.4 is 19.5 Å². The van der Waals surface area contributed by atoms with Gasteiger partial charge in [0.25, 0.3) is 15.9 Å². The number of hydrogen-bond acceptors (Lipinski definition) is 6. The molecule has 32 heavy (non-hydrogen) atoms. The van der Waals surface area contributed by atoms with Gasteiger partial charge in [-0.3, -0.25) is 9.52 Å². The quantitative estimate of drug-likeness (QED) is 0.564. The summed E-state index contributed by atoms with van der Waals surface area (Å²) in [5.74, 6) is 0.254. The highest BCUT2D eigenvalue weighted by atomic mass is 35.5. The Balaban J connectivity index is 1.79. The molecule has 1 unspecified atom stereocenters. The van der Waals surface area contributed by atoms with Crippen molar-refractivity contribution in [1.29, 1.82) is 0 Å². The van der Waals surface area contributed by atoms with Crippen LogP contribution in [0.3, 0.4) is 0 Å². The lowest BCUT2D eigenvalue weighted by Crippen LogP contribution is -2.27. The minimum Gasteiger partial charge on any atom is -0.495 e. The van der Waals surface area contributed by atoms with Gasteiger partial charge in [0, 0.05) is 24.8 Å². The number of carbonyl (C=O) groups is 1. The Morgan fingerprint density at radius 3 is 2.59 bits per heavy atom. The Hall–Kier alpha value is -2.49. The largest absolute Gasteiger partial charge is 0.495 e. The fraction of sp³-hybridized carbons (Fsp3) is 0.409. The summed E-state index contributed by atoms with van der Waals surface area (Å²) in [6, 6.07) is 7.46. The molecule has 0 aromatic heterocycles. The maximum Gasteiger partial charge on any atom is 0.262 e. The molecule has 1 heterocycles. The van der Waals surface area contributed by atoms with Crippen LogP contribution in [0.5, 0.6) is 11.5 Å². The van der Waals surface area contributed by atoms with Gasteiger partial charge in [-0.25, -0.2) is 8.42 Å². The van der Waals surface area contributed by atoms with E-state index in [1.165, 1.54) is 32.4 Å². The van der Waals surface area contributed by atoms with E-state index in [2.05, 4.69) is 10.0 Å². The SMILES string of the molecule is COc1cc(OC)c(NS(=O)(=O)c2cc(C(=O)NCCC3CCCO3)ccc2C)cc1Cl. The van der Waals surface area contributed by atoms with Crippen molar-refractivity contribution >= 4 is 33.2 Å². The van der Waals surface area contributed by atoms with E-state index in [-0.39, 0.29) is 38.9 Å². The summed E-state index contributed by atoms with van der Waals surface area (Å²) in [5.41, 5.74) is 0.902. The summed E-state index contributed by atoms with van der Waals surface area (Å²) >= 11 is 6.15. The third-order valence-corrected chi connectivity index (χ3v) is 7.04. The summed E-state index contributed by atoms with van der Waals surface area (Å²) < 4.78 is 44.7. The minimum atomic E-state index is -4.03. The van der Waals surface area contributed by atoms with Crippen LogP contribution in [0, 0.1) is 6.92 Å². The standard InChI is InChI=1S/C22H27ClN2O6S/c1-14-6-7-15(22(26)24-9-8-16-5-4-10-31-16)11-21(14)32(27,28)25-18-12-17(23)19(29-2)13-20(18)30-3/h6-7,11-13,16,25H,4-5,8-10H2,1-3H3,(H,24,26). The molecule has 0 spiro atoms. The van der Waals surface area contributed by atoms with Gasteiger partial charge in [-0.1, -0.05) is 17.7 Å². The highest BCUT2D eigenvalue weighted by molar-refractivity contribution is 7.92. The zero-order valence-electron chi connectivity index (χ0n) is 18.2. The van der Waals surface area contributed by atoms with E-state index in [0.29, 0.717) is 17.9 Å². The van der Waals surface area contributed by atoms with Gasteiger partial charge < -0.3 is 19.5 Å². The molecule has 1 atom stereocenters. The maximum atomic E-state index is 13.1. The number of hydrogen-bond donors (Lipinski definition) is 2. The third-order valence-electron chi connectivity index (χ3n) is 5.23. The van der Waals surface area contributed by atoms with Crippen molar-refractivity contribution in [2.45, 2.75) is 37.2 Å². The van der Waals surface area contributed by atoms with E-state index in [9.17, 15) is 13.2 Å². The van der Waals surface area contributed by atoms with Crippen LogP contribution >= 0.6 is 11.6 Å². The van der Waals surface area contributed by atoms with Crippen LogP contribution in [-0.4, -0.2) is 47.8 Å². The van der Waals surface area contributed by atoms with Crippen molar-refractivity contribution in [3.8, 4) is 11.5 Å². The van der Waals surface area contributed by atoms with Gasteiger partial charge in [0.1, 0.15) is 11.5 Å². The summed E-state index contributed by atoms with van der Waals surface area (Å²) in [6.45, 7) is 2.88. The molecule has 174 valence electrons. The van der Waals surface area contributed by atoms with Crippen molar-refractivity contribution < 1.29 is 27.4 Å². The Bertz CT molecular complexity index is 1080. The summed E-state index contributed by atoms with van der Waals surface area (Å²) in [6.07, 6.45) is 2.92. The number of methoxy groups -OCH3 is 2. The van der Waals surface area contributed by atoms with Crippen molar-refractivity contribution in [2.24, 2.45) is 0 Å². The number of rotatable bonds is 9. The van der Waals surface area contributed by atoms with E-state index in [1.807, 2.05) is 0 Å². The molecule has 10 heteroatoms. The number of nitrogens with one attached hydrogen (secondary N) is 2. The zero-order valence-corrected chi connectivity index (χ0v) is 19.8. The molecular weight excluding hydrogens is 456 g/mol. The second kappa shape index (κ2) is 10.4. The van der Waals surface area contributed by atoms with Gasteiger partial charge in [-0.05, 0) is 49.9 Å². The van der Waals surface area contributed by atoms with E-state index >= 15 is 0 Å². The molecule has 1 amide bonds. The molecule has 0 aliphatic carbocycles. The van der Waals surface area contributed by atoms with Gasteiger partial charge in [-0.15, -0.1) is 0 Å². The average Bonchev–Trinajstić information content (AvgIpc) is 3.27. The summed E-state index contributed by atoms with van der Waals surface area (Å²) in [4.78, 5) is 12.5. The van der Waals surface area contributed by atoms with E-state index in [1.54, 1.807) is 19.1 Å². The van der Waals surface area contributed by atoms with Crippen molar-refractivity contribution in [3.05, 3.63) is 46.5 Å². The topological polar surface area (TPSA) is 103 Å². The van der Waals surface area contributed by atoms with Gasteiger partial charge >= 0.3 is 0 Å². The zero-order chi connectivity index (χ0) is 23.3. The first-order valence-corrected chi connectivity index (χ1v) is 12.1. The Labute approximate surface area is 193 Å². The first kappa shape index (κ1) is 24.2. The van der Waals surface area contributed by atoms with Gasteiger partial charge in [-0.2, -0.15) is 0 Å². The molecule has 0 radical (unpaired) electrons. The highest BCUT2D eigenvalue weighted by Gasteiger charge is 2.22. The molecule has 2 aromatic carbocycles. The van der Waals surface area contributed by atoms with Crippen LogP contribution in [0.4, 0.5) is 5.69 Å². The lowest BCUT2D eigenvalue weighted by atomic mass is 10.1. The molecule has 0 saturated carbocycles. The number of benzene rings is 2. The Morgan fingerprint density at radius 2 is 1.94 bits per heavy atom. The molecule has 1 saturated heterocycles. The van der Waals surface area contributed by atoms with E-state index < -0.39 is 10.0 Å². The van der Waals surface area contributed by atoms with E-state index in [4.69, 9.17) is 25.8 Å². The van der Waals surface area contributed by atoms with Crippen molar-refractivity contribution in [2.75, 3.05) is 32.1 Å². The number of aryl methyl sites for hydroxylation is 1. The minimum absolute atomic E-state index is 0.0155. The molecule has 3 rings (SSSR count). The lowest BCUT2D eigenvalue weighted by molar-refractivity contribution is 0.0907. The Kier molecular flexibility index (Phi) is 7.86. The van der Waals surface area contributed by atoms with Crippen LogP contribution in [0.25, 0.3) is 0 Å². The van der Waals surface area contributed by atoms with Crippen LogP contribution in [0.15, 0.2) is 35.2 Å². The second-order valence-corrected chi connectivity index (χ2v) is 9.51. The second-order valence-electron chi connectivity index (χ2n) is 7.45. The first-order chi connectivity index (χ1) is 15.2. The number of ether oxygens (including phenoxy) is 3. The fourth-order valence-electron chi connectivity index (χ4n) is 3.49. The van der Waals surface area contributed by atoms with Crippen LogP contribution in [-0.2, 0) is 14.8 Å². The predicted octanol–water partition coefficient (Wildman–Crippen LogP) is 3.77. The number of amides is 1. The van der Waals surface area contributed by atoms with Gasteiger partial charge in [0.15, 0.2) is 0 Å². The molecule has 1 aliphatic heterocycles. The molecule has 0 bridgehead atoms. The maximum absolute atomic E-state index is 13.1. The van der Waals surface area contributed by atoms with Crippen LogP contribution in [0.1, 0.15) is 35.2 Å². The van der Waals surface area contributed by atoms with Gasteiger partial charge in [0.2, 0.25) is 0 Å². The van der Waals surface area contributed by atoms with E-state index in [0.717, 1.165) is 25.9 Å². The highest BCUT2D eigenvalue weighted by Crippen LogP contribution is 2.37. The Morgan fingerprint density at radius 1 is 1.19 bits per heavy atom. The number of sulfonamides is 1. The molecule has 1 aliphatic rings. The van der Waals surface area contributed by atoms with Crippen molar-refractivity contribution in [3.63, 3.8) is 0 Å². The fourth-order valence-corrected chi connectivity index (χ4v) is 5.06. The normalized spacial score (nSPS) is 15.9. The number of anilines is 1. The third kappa shape index (κ3) is 5.65. The lowest BCUT2D eigenvalue weighted by Gasteiger charge is -2.16. The molecular formula is C22H27ClN2O6S. The first-order valence-electron chi connectivity index (χ1n) is 10.2. The number of halogens is 1. The molecule has 2 aromatic rings. The number of carbonyl (C=O) groups excluding carboxylic acids is 1. The van der Waals surface area contributed by atoms with Gasteiger partial charge in [0.05, 0.1) is 35.9 Å². The average molecular weight is 483 g/mol. The molecule has 8 nitrogen and oxygen atoms in total. The summed E-state index contributed by atoms with van der Waals surface area (Å²) in [7, 11) is -1.17. The summed E-state index contributed by atoms with van der Waals surface area (Å²) in [5, 5.41) is 3.05. The van der Waals surface area contributed by atoms with Crippen LogP contribution in [0.2, 0.25) is 5.02 Å². The molecule has 1 fully saturated rings. The monoisotopic (exact) mass is 482 g/mol. The predicted molar refractivity (Wildman–Crippen MR) is 122 cm³/mol. The van der Waals surface area contributed by atoms with Crippen molar-refractivity contribution in [1.82, 2.24) is 5.32 Å².